The molecule has 56 heavy (non-hydrogen) atoms. The fraction of sp³-hybridized carbons (Fsp3) is 0.208. The van der Waals surface area contributed by atoms with Gasteiger partial charge in [-0.15, -0.1) is 0 Å². The summed E-state index contributed by atoms with van der Waals surface area (Å²) < 4.78 is 7.40. The van der Waals surface area contributed by atoms with Gasteiger partial charge in [0, 0.05) is 61.3 Å². The van der Waals surface area contributed by atoms with Crippen LogP contribution in [0.2, 0.25) is 0 Å². The number of para-hydroxylation sites is 4. The average molecular weight is 728 g/mol. The highest BCUT2D eigenvalue weighted by Gasteiger charge is 2.30. The van der Waals surface area contributed by atoms with Crippen molar-refractivity contribution >= 4 is 65.4 Å². The predicted molar refractivity (Wildman–Crippen MR) is 240 cm³/mol. The van der Waals surface area contributed by atoms with Crippen LogP contribution in [0.1, 0.15) is 65.0 Å². The van der Waals surface area contributed by atoms with Crippen LogP contribution in [-0.2, 0) is 6.54 Å². The molecule has 1 atom stereocenters. The maximum absolute atomic E-state index is 2.53. The summed E-state index contributed by atoms with van der Waals surface area (Å²) >= 11 is 0. The van der Waals surface area contributed by atoms with Gasteiger partial charge in [-0.25, -0.2) is 0 Å². The van der Waals surface area contributed by atoms with E-state index in [1.54, 1.807) is 0 Å². The van der Waals surface area contributed by atoms with E-state index >= 15 is 0 Å². The van der Waals surface area contributed by atoms with Crippen molar-refractivity contribution in [3.63, 3.8) is 0 Å². The van der Waals surface area contributed by atoms with Crippen LogP contribution in [0.25, 0.3) is 76.8 Å². The summed E-state index contributed by atoms with van der Waals surface area (Å²) in [6.07, 6.45) is 1.16. The topological polar surface area (TPSA) is 14.8 Å². The first-order valence-electron chi connectivity index (χ1n) is 20.2. The van der Waals surface area contributed by atoms with E-state index < -0.39 is 0 Å². The van der Waals surface area contributed by atoms with Gasteiger partial charge in [-0.2, -0.15) is 0 Å². The molecule has 3 aromatic heterocycles. The largest absolute Gasteiger partial charge is 0.336 e. The minimum absolute atomic E-state index is 0.184. The lowest BCUT2D eigenvalue weighted by Gasteiger charge is -2.36. The zero-order valence-corrected chi connectivity index (χ0v) is 33.3. The second-order valence-electron chi connectivity index (χ2n) is 18.2. The first kappa shape index (κ1) is 34.4. The van der Waals surface area contributed by atoms with Crippen LogP contribution in [0.5, 0.6) is 0 Å². The van der Waals surface area contributed by atoms with Crippen molar-refractivity contribution in [2.75, 3.05) is 0 Å². The summed E-state index contributed by atoms with van der Waals surface area (Å²) in [6.45, 7) is 15.0. The Kier molecular flexibility index (Phi) is 7.84. The number of hydrogen-bond acceptors (Lipinski definition) is 0. The van der Waals surface area contributed by atoms with Gasteiger partial charge >= 0.3 is 0 Å². The van der Waals surface area contributed by atoms with Crippen LogP contribution in [0.15, 0.2) is 158 Å². The van der Waals surface area contributed by atoms with Gasteiger partial charge in [-0.05, 0) is 95.0 Å². The molecule has 0 saturated carbocycles. The van der Waals surface area contributed by atoms with Gasteiger partial charge in [0.05, 0.1) is 22.1 Å². The van der Waals surface area contributed by atoms with Crippen molar-refractivity contribution in [3.05, 3.63) is 169 Å². The summed E-state index contributed by atoms with van der Waals surface area (Å²) in [5.41, 5.74) is 12.9. The van der Waals surface area contributed by atoms with E-state index in [1.807, 2.05) is 0 Å². The molecule has 3 heterocycles. The third kappa shape index (κ3) is 5.63. The number of fused-ring (bicyclic) bond motifs is 9. The second kappa shape index (κ2) is 12.7. The van der Waals surface area contributed by atoms with Crippen LogP contribution in [0, 0.1) is 10.8 Å². The van der Waals surface area contributed by atoms with Crippen LogP contribution in [-0.4, -0.2) is 13.7 Å². The number of nitrogens with zero attached hydrogens (tertiary/aromatic N) is 3. The van der Waals surface area contributed by atoms with E-state index in [4.69, 9.17) is 0 Å². The van der Waals surface area contributed by atoms with Gasteiger partial charge in [0.1, 0.15) is 0 Å². The summed E-state index contributed by atoms with van der Waals surface area (Å²) in [6, 6.07) is 58.9. The highest BCUT2D eigenvalue weighted by atomic mass is 15.0. The highest BCUT2D eigenvalue weighted by molar-refractivity contribution is 6.13. The molecule has 1 unspecified atom stereocenters. The zero-order valence-electron chi connectivity index (χ0n) is 33.3. The molecule has 10 aromatic rings. The molecule has 3 nitrogen and oxygen atoms in total. The Hall–Kier alpha value is -6.06. The standard InChI is InChI=1S/C53H49N3/c1-52(2,3)33-45(53(4,5)6)36-25-23-35(24-26-36)34-54-46-29-27-37(55-48-19-11-7-15-39(48)40-16-8-12-20-49(40)55)31-43(46)44-32-38(28-30-47(44)54)56-50-21-13-9-17-41(50)42-18-10-14-22-51(42)56/h7-32,45H,33-34H2,1-6H3. The van der Waals surface area contributed by atoms with E-state index in [1.165, 1.54) is 87.9 Å². The molecule has 0 aliphatic carbocycles. The molecular formula is C53H49N3. The molecule has 3 heteroatoms. The quantitative estimate of drug-likeness (QED) is 0.162. The van der Waals surface area contributed by atoms with Crippen LogP contribution in [0.4, 0.5) is 0 Å². The minimum atomic E-state index is 0.184. The van der Waals surface area contributed by atoms with Crippen molar-refractivity contribution < 1.29 is 0 Å². The van der Waals surface area contributed by atoms with E-state index in [9.17, 15) is 0 Å². The predicted octanol–water partition coefficient (Wildman–Crippen LogP) is 14.6. The summed E-state index contributed by atoms with van der Waals surface area (Å²) in [5.74, 6) is 0.489. The van der Waals surface area contributed by atoms with Crippen molar-refractivity contribution in [2.24, 2.45) is 10.8 Å². The van der Waals surface area contributed by atoms with E-state index in [2.05, 4.69) is 213 Å². The lowest BCUT2D eigenvalue weighted by atomic mass is 9.69. The van der Waals surface area contributed by atoms with Gasteiger partial charge in [-0.3, -0.25) is 0 Å². The Labute approximate surface area is 329 Å². The molecule has 0 aliphatic heterocycles. The number of aromatic nitrogens is 3. The Morgan fingerprint density at radius 3 is 1.18 bits per heavy atom. The summed E-state index contributed by atoms with van der Waals surface area (Å²) in [5, 5.41) is 7.63. The Morgan fingerprint density at radius 1 is 0.411 bits per heavy atom. The molecule has 0 aliphatic rings. The fourth-order valence-electron chi connectivity index (χ4n) is 9.50. The molecular weight excluding hydrogens is 679 g/mol. The Bertz CT molecular complexity index is 2820. The summed E-state index contributed by atoms with van der Waals surface area (Å²) in [4.78, 5) is 0. The Balaban J connectivity index is 1.17. The Morgan fingerprint density at radius 2 is 0.804 bits per heavy atom. The zero-order chi connectivity index (χ0) is 38.3. The minimum Gasteiger partial charge on any atom is -0.336 e. The first-order valence-corrected chi connectivity index (χ1v) is 20.2. The molecule has 0 bridgehead atoms. The second-order valence-corrected chi connectivity index (χ2v) is 18.2. The van der Waals surface area contributed by atoms with Gasteiger partial charge in [0.2, 0.25) is 0 Å². The SMILES string of the molecule is CC(C)(C)CC(c1ccc(Cn2c3ccc(-n4c5ccccc5c5ccccc54)cc3c3cc(-n4c5ccccc5c5ccccc54)ccc32)cc1)C(C)(C)C. The molecule has 10 rings (SSSR count). The first-order chi connectivity index (χ1) is 27.0. The maximum Gasteiger partial charge on any atom is 0.0541 e. The van der Waals surface area contributed by atoms with E-state index in [0.29, 0.717) is 5.92 Å². The van der Waals surface area contributed by atoms with Crippen LogP contribution < -0.4 is 0 Å². The van der Waals surface area contributed by atoms with Gasteiger partial charge in [-0.1, -0.05) is 139 Å². The van der Waals surface area contributed by atoms with Crippen LogP contribution >= 0.6 is 0 Å². The number of rotatable bonds is 6. The lowest BCUT2D eigenvalue weighted by Crippen LogP contribution is -2.23. The van der Waals surface area contributed by atoms with Gasteiger partial charge < -0.3 is 13.7 Å². The molecule has 0 radical (unpaired) electrons. The maximum atomic E-state index is 2.53. The monoisotopic (exact) mass is 727 g/mol. The fourth-order valence-corrected chi connectivity index (χ4v) is 9.50. The molecule has 0 spiro atoms. The van der Waals surface area contributed by atoms with Gasteiger partial charge in [0.25, 0.3) is 0 Å². The molecule has 0 amide bonds. The third-order valence-electron chi connectivity index (χ3n) is 12.1. The lowest BCUT2D eigenvalue weighted by molar-refractivity contribution is 0.229. The van der Waals surface area contributed by atoms with Crippen molar-refractivity contribution in [2.45, 2.75) is 60.4 Å². The number of hydrogen-bond donors (Lipinski definition) is 0. The highest BCUT2D eigenvalue weighted by Crippen LogP contribution is 2.44. The molecule has 7 aromatic carbocycles. The van der Waals surface area contributed by atoms with Crippen molar-refractivity contribution in [1.29, 1.82) is 0 Å². The van der Waals surface area contributed by atoms with E-state index in [0.717, 1.165) is 13.0 Å². The van der Waals surface area contributed by atoms with Crippen LogP contribution in [0.3, 0.4) is 0 Å². The third-order valence-corrected chi connectivity index (χ3v) is 12.1. The van der Waals surface area contributed by atoms with Crippen molar-refractivity contribution in [1.82, 2.24) is 13.7 Å². The molecule has 0 fully saturated rings. The number of benzene rings is 7. The summed E-state index contributed by atoms with van der Waals surface area (Å²) in [7, 11) is 0. The smallest absolute Gasteiger partial charge is 0.0541 e. The van der Waals surface area contributed by atoms with Crippen molar-refractivity contribution in [3.8, 4) is 11.4 Å². The average Bonchev–Trinajstić information content (AvgIpc) is 3.82. The molecule has 0 N–H and O–H groups in total. The molecule has 276 valence electrons. The normalized spacial score (nSPS) is 13.2. The van der Waals surface area contributed by atoms with E-state index in [-0.39, 0.29) is 10.8 Å². The molecule has 0 saturated heterocycles. The van der Waals surface area contributed by atoms with Gasteiger partial charge in [0.15, 0.2) is 0 Å².